The van der Waals surface area contributed by atoms with Crippen LogP contribution in [0.5, 0.6) is 0 Å². The van der Waals surface area contributed by atoms with E-state index >= 15 is 0 Å². The molecule has 2 N–H and O–H groups in total. The van der Waals surface area contributed by atoms with Gasteiger partial charge < -0.3 is 14.8 Å². The van der Waals surface area contributed by atoms with Crippen LogP contribution in [-0.4, -0.2) is 31.2 Å². The number of benzene rings is 1. The zero-order valence-electron chi connectivity index (χ0n) is 16.1. The van der Waals surface area contributed by atoms with Crippen molar-refractivity contribution in [2.75, 3.05) is 31.1 Å². The monoisotopic (exact) mass is 342 g/mol. The summed E-state index contributed by atoms with van der Waals surface area (Å²) >= 11 is 0. The summed E-state index contributed by atoms with van der Waals surface area (Å²) in [5.74, 6) is 0.762. The number of aromatic nitrogens is 1. The molecule has 3 rings (SSSR count). The molecule has 1 aromatic heterocycles. The summed E-state index contributed by atoms with van der Waals surface area (Å²) in [7, 11) is 0. The van der Waals surface area contributed by atoms with Crippen LogP contribution in [0.2, 0.25) is 0 Å². The maximum absolute atomic E-state index is 13.2. The average Bonchev–Trinajstić information content (AvgIpc) is 2.60. The highest BCUT2D eigenvalue weighted by Gasteiger charge is 2.22. The lowest BCUT2D eigenvalue weighted by Crippen LogP contribution is -3.12. The van der Waals surface area contributed by atoms with Crippen LogP contribution in [0.25, 0.3) is 10.9 Å². The molecule has 1 aliphatic rings. The summed E-state index contributed by atoms with van der Waals surface area (Å²) in [5, 5.41) is 0.828. The van der Waals surface area contributed by atoms with Gasteiger partial charge in [-0.2, -0.15) is 0 Å². The van der Waals surface area contributed by atoms with E-state index in [0.29, 0.717) is 0 Å². The smallest absolute Gasteiger partial charge is 0.198 e. The van der Waals surface area contributed by atoms with E-state index in [2.05, 4.69) is 48.9 Å². The number of rotatable bonds is 5. The van der Waals surface area contributed by atoms with Crippen molar-refractivity contribution in [3.8, 4) is 0 Å². The lowest BCUT2D eigenvalue weighted by molar-refractivity contribution is -0.922. The number of hydrogen-bond acceptors (Lipinski definition) is 2. The Kier molecular flexibility index (Phi) is 5.48. The molecular formula is C21H32N3O+. The molecule has 1 unspecified atom stereocenters. The second kappa shape index (κ2) is 7.61. The molecular weight excluding hydrogens is 310 g/mol. The van der Waals surface area contributed by atoms with Crippen LogP contribution >= 0.6 is 0 Å². The first kappa shape index (κ1) is 18.0. The number of piperidine rings is 1. The van der Waals surface area contributed by atoms with Gasteiger partial charge >= 0.3 is 0 Å². The maximum atomic E-state index is 13.2. The van der Waals surface area contributed by atoms with Crippen LogP contribution < -0.4 is 15.2 Å². The maximum Gasteiger partial charge on any atom is 0.198 e. The number of quaternary nitrogens is 1. The molecule has 1 fully saturated rings. The highest BCUT2D eigenvalue weighted by atomic mass is 16.1. The largest absolute Gasteiger partial charge is 0.372 e. The van der Waals surface area contributed by atoms with Crippen molar-refractivity contribution < 1.29 is 4.90 Å². The molecule has 0 amide bonds. The Morgan fingerprint density at radius 2 is 2.04 bits per heavy atom. The minimum Gasteiger partial charge on any atom is -0.372 e. The van der Waals surface area contributed by atoms with E-state index in [1.165, 1.54) is 25.9 Å². The van der Waals surface area contributed by atoms with E-state index in [9.17, 15) is 4.79 Å². The number of likely N-dealkylation sites (tertiary alicyclic amines) is 1. The van der Waals surface area contributed by atoms with E-state index in [1.807, 2.05) is 6.92 Å². The first-order valence-electron chi connectivity index (χ1n) is 9.77. The summed E-state index contributed by atoms with van der Waals surface area (Å²) in [6, 6.07) is 6.23. The third kappa shape index (κ3) is 3.74. The first-order valence-corrected chi connectivity index (χ1v) is 9.77. The highest BCUT2D eigenvalue weighted by Crippen LogP contribution is 2.20. The molecule has 0 bridgehead atoms. The minimum absolute atomic E-state index is 0.214. The molecule has 4 heteroatoms. The first-order chi connectivity index (χ1) is 12.0. The van der Waals surface area contributed by atoms with Crippen molar-refractivity contribution in [3.63, 3.8) is 0 Å². The van der Waals surface area contributed by atoms with Gasteiger partial charge in [0.1, 0.15) is 6.54 Å². The lowest BCUT2D eigenvalue weighted by Gasteiger charge is -2.28. The van der Waals surface area contributed by atoms with E-state index in [4.69, 9.17) is 0 Å². The average molecular weight is 343 g/mol. The summed E-state index contributed by atoms with van der Waals surface area (Å²) < 4.78 is 0. The van der Waals surface area contributed by atoms with Gasteiger partial charge in [0.05, 0.1) is 18.7 Å². The number of fused-ring (bicyclic) bond motifs is 1. The fraction of sp³-hybridized carbons (Fsp3) is 0.571. The van der Waals surface area contributed by atoms with Crippen LogP contribution in [-0.2, 0) is 6.54 Å². The Hall–Kier alpha value is -1.81. The number of aryl methyl sites for hydroxylation is 1. The number of anilines is 1. The topological polar surface area (TPSA) is 40.5 Å². The number of pyridine rings is 1. The third-order valence-corrected chi connectivity index (χ3v) is 5.72. The molecule has 136 valence electrons. The summed E-state index contributed by atoms with van der Waals surface area (Å²) in [6.45, 7) is 13.8. The molecule has 0 spiro atoms. The zero-order valence-corrected chi connectivity index (χ0v) is 16.1. The summed E-state index contributed by atoms with van der Waals surface area (Å²) in [5.41, 5.74) is 4.29. The predicted octanol–water partition coefficient (Wildman–Crippen LogP) is 2.50. The fourth-order valence-electron chi connectivity index (χ4n) is 4.25. The van der Waals surface area contributed by atoms with Gasteiger partial charge in [-0.1, -0.05) is 6.92 Å². The van der Waals surface area contributed by atoms with E-state index in [1.54, 1.807) is 4.90 Å². The van der Waals surface area contributed by atoms with Crippen LogP contribution in [0.4, 0.5) is 5.69 Å². The molecule has 0 aliphatic carbocycles. The minimum atomic E-state index is 0.214. The number of nitrogens with zero attached hydrogens (tertiary/aromatic N) is 1. The Bertz CT molecular complexity index is 792. The fourth-order valence-corrected chi connectivity index (χ4v) is 4.25. The molecule has 2 heterocycles. The van der Waals surface area contributed by atoms with Crippen LogP contribution in [0.15, 0.2) is 23.0 Å². The second-order valence-corrected chi connectivity index (χ2v) is 7.59. The molecule has 1 saturated heterocycles. The molecule has 25 heavy (non-hydrogen) atoms. The Balaban J connectivity index is 1.99. The SMILES string of the molecule is CCN(CC)c1ccc2[nH]c(C)c(C[NH+]3CCC[C@H](C)C3)c(=O)c2c1. The Morgan fingerprint density at radius 1 is 1.28 bits per heavy atom. The third-order valence-electron chi connectivity index (χ3n) is 5.72. The van der Waals surface area contributed by atoms with Crippen LogP contribution in [0.3, 0.4) is 0 Å². The highest BCUT2D eigenvalue weighted by molar-refractivity contribution is 5.83. The van der Waals surface area contributed by atoms with Crippen LogP contribution in [0, 0.1) is 12.8 Å². The molecule has 2 aromatic rings. The van der Waals surface area contributed by atoms with Crippen molar-refractivity contribution in [1.29, 1.82) is 0 Å². The number of nitrogens with one attached hydrogen (secondary N) is 2. The van der Waals surface area contributed by atoms with Gasteiger partial charge in [-0.3, -0.25) is 4.79 Å². The molecule has 1 aliphatic heterocycles. The van der Waals surface area contributed by atoms with E-state index in [0.717, 1.165) is 53.4 Å². The molecule has 0 radical (unpaired) electrons. The molecule has 2 atom stereocenters. The normalized spacial score (nSPS) is 20.8. The van der Waals surface area contributed by atoms with Gasteiger partial charge in [0.2, 0.25) is 0 Å². The summed E-state index contributed by atoms with van der Waals surface area (Å²) in [6.07, 6.45) is 2.59. The molecule has 4 nitrogen and oxygen atoms in total. The predicted molar refractivity (Wildman–Crippen MR) is 106 cm³/mol. The van der Waals surface area contributed by atoms with Gasteiger partial charge in [-0.05, 0) is 51.8 Å². The van der Waals surface area contributed by atoms with Gasteiger partial charge in [0.15, 0.2) is 5.43 Å². The van der Waals surface area contributed by atoms with Gasteiger partial charge in [-0.25, -0.2) is 0 Å². The van der Waals surface area contributed by atoms with Crippen molar-refractivity contribution in [1.82, 2.24) is 4.98 Å². The van der Waals surface area contributed by atoms with Gasteiger partial charge in [0, 0.05) is 41.3 Å². The van der Waals surface area contributed by atoms with E-state index < -0.39 is 0 Å². The second-order valence-electron chi connectivity index (χ2n) is 7.59. The Morgan fingerprint density at radius 3 is 2.72 bits per heavy atom. The lowest BCUT2D eigenvalue weighted by atomic mass is 9.99. The van der Waals surface area contributed by atoms with Gasteiger partial charge in [-0.15, -0.1) is 0 Å². The molecule has 1 aromatic carbocycles. The van der Waals surface area contributed by atoms with Crippen LogP contribution in [0.1, 0.15) is 44.9 Å². The zero-order chi connectivity index (χ0) is 18.0. The number of aromatic amines is 1. The number of H-pyrrole nitrogens is 1. The molecule has 0 saturated carbocycles. The standard InChI is InChI=1S/C21H31N3O/c1-5-24(6-2)17-9-10-20-18(12-17)21(25)19(16(4)22-20)14-23-11-7-8-15(3)13-23/h9-10,12,15H,5-8,11,13-14H2,1-4H3,(H,22,25)/p+1/t15-/m0/s1. The van der Waals surface area contributed by atoms with Crippen molar-refractivity contribution >= 4 is 16.6 Å². The van der Waals surface area contributed by atoms with Gasteiger partial charge in [0.25, 0.3) is 0 Å². The number of hydrogen-bond donors (Lipinski definition) is 2. The van der Waals surface area contributed by atoms with Crippen molar-refractivity contribution in [3.05, 3.63) is 39.7 Å². The summed E-state index contributed by atoms with van der Waals surface area (Å²) in [4.78, 5) is 20.5. The van der Waals surface area contributed by atoms with E-state index in [-0.39, 0.29) is 5.43 Å². The van der Waals surface area contributed by atoms with Crippen molar-refractivity contribution in [2.24, 2.45) is 5.92 Å². The quantitative estimate of drug-likeness (QED) is 0.876. The van der Waals surface area contributed by atoms with Crippen molar-refractivity contribution in [2.45, 2.75) is 47.1 Å². The Labute approximate surface area is 150 Å².